The van der Waals surface area contributed by atoms with Gasteiger partial charge in [0.05, 0.1) is 12.0 Å². The van der Waals surface area contributed by atoms with Gasteiger partial charge in [-0.2, -0.15) is 0 Å². The zero-order valence-corrected chi connectivity index (χ0v) is 7.90. The third-order valence-electron chi connectivity index (χ3n) is 0.941. The number of esters is 1. The summed E-state index contributed by atoms with van der Waals surface area (Å²) >= 11 is 5.20. The van der Waals surface area contributed by atoms with Crippen LogP contribution in [0.4, 0.5) is 0 Å². The van der Waals surface area contributed by atoms with Crippen LogP contribution >= 0.6 is 11.6 Å². The average Bonchev–Trinajstić information content (AvgIpc) is 1.85. The van der Waals surface area contributed by atoms with E-state index >= 15 is 0 Å². The Morgan fingerprint density at radius 3 is 2.58 bits per heavy atom. The lowest BCUT2D eigenvalue weighted by Crippen LogP contribution is -2.20. The first kappa shape index (κ1) is 11.4. The second kappa shape index (κ2) is 5.16. The van der Waals surface area contributed by atoms with Gasteiger partial charge in [0, 0.05) is 5.88 Å². The summed E-state index contributed by atoms with van der Waals surface area (Å²) in [6, 6.07) is 0. The van der Waals surface area contributed by atoms with Crippen LogP contribution in [0, 0.1) is 0 Å². The van der Waals surface area contributed by atoms with Crippen LogP contribution in [0.2, 0.25) is 0 Å². The second-order valence-corrected chi connectivity index (χ2v) is 4.50. The summed E-state index contributed by atoms with van der Waals surface area (Å²) in [5, 5.41) is 0. The molecule has 0 rings (SSSR count). The van der Waals surface area contributed by atoms with Crippen molar-refractivity contribution >= 4 is 27.4 Å². The number of hydrogen-bond donors (Lipinski definition) is 0. The van der Waals surface area contributed by atoms with Crippen molar-refractivity contribution in [2.24, 2.45) is 0 Å². The quantitative estimate of drug-likeness (QED) is 0.374. The predicted molar refractivity (Wildman–Crippen MR) is 45.7 cm³/mol. The third kappa shape index (κ3) is 5.15. The Morgan fingerprint density at radius 2 is 2.17 bits per heavy atom. The highest BCUT2D eigenvalue weighted by atomic mass is 35.5. The van der Waals surface area contributed by atoms with Crippen LogP contribution in [-0.2, 0) is 19.4 Å². The van der Waals surface area contributed by atoms with Crippen molar-refractivity contribution in [3.8, 4) is 0 Å². The van der Waals surface area contributed by atoms with E-state index in [0.29, 0.717) is 0 Å². The fraction of sp³-hybridized carbons (Fsp3) is 0.500. The molecule has 0 aliphatic carbocycles. The lowest BCUT2D eigenvalue weighted by molar-refractivity contribution is -0.134. The van der Waals surface area contributed by atoms with E-state index in [2.05, 4.69) is 11.3 Å². The number of carbonyl (C=O) groups excluding carboxylic acids is 1. The van der Waals surface area contributed by atoms with Crippen molar-refractivity contribution in [1.29, 1.82) is 0 Å². The summed E-state index contributed by atoms with van der Waals surface area (Å²) < 4.78 is 26.0. The second-order valence-electron chi connectivity index (χ2n) is 1.94. The number of rotatable bonds is 5. The number of halogens is 1. The van der Waals surface area contributed by atoms with Gasteiger partial charge in [-0.3, -0.25) is 4.79 Å². The van der Waals surface area contributed by atoms with E-state index in [4.69, 9.17) is 11.6 Å². The van der Waals surface area contributed by atoms with E-state index in [-0.39, 0.29) is 11.6 Å². The molecule has 0 aromatic rings. The highest BCUT2D eigenvalue weighted by molar-refractivity contribution is 7.92. The molecule has 0 atom stereocenters. The largest absolute Gasteiger partial charge is 0.434 e. The first-order valence-electron chi connectivity index (χ1n) is 3.08. The molecule has 70 valence electrons. The van der Waals surface area contributed by atoms with Crippen LogP contribution in [-0.4, -0.2) is 31.8 Å². The van der Waals surface area contributed by atoms with E-state index in [1.807, 2.05) is 0 Å². The summed E-state index contributed by atoms with van der Waals surface area (Å²) in [4.78, 5) is 10.6. The Morgan fingerprint density at radius 1 is 1.58 bits per heavy atom. The van der Waals surface area contributed by atoms with Gasteiger partial charge in [0.2, 0.25) is 0 Å². The van der Waals surface area contributed by atoms with E-state index in [9.17, 15) is 13.2 Å². The molecule has 0 heterocycles. The van der Waals surface area contributed by atoms with Crippen LogP contribution < -0.4 is 0 Å². The Bertz CT molecular complexity index is 257. The standard InChI is InChI=1S/C6H9ClO4S/c1-2-11-6(8)5-12(9,10)4-3-7/h2H,1,3-5H2. The fourth-order valence-electron chi connectivity index (χ4n) is 0.496. The predicted octanol–water partition coefficient (Wildman–Crippen LogP) is 0.327. The summed E-state index contributed by atoms with van der Waals surface area (Å²) in [7, 11) is -3.41. The number of carbonyl (C=O) groups is 1. The molecule has 0 fully saturated rings. The first-order valence-corrected chi connectivity index (χ1v) is 5.44. The monoisotopic (exact) mass is 212 g/mol. The van der Waals surface area contributed by atoms with Gasteiger partial charge in [-0.1, -0.05) is 6.58 Å². The van der Waals surface area contributed by atoms with E-state index in [1.165, 1.54) is 0 Å². The van der Waals surface area contributed by atoms with Gasteiger partial charge in [0.25, 0.3) is 0 Å². The number of sulfone groups is 1. The maximum Gasteiger partial charge on any atom is 0.325 e. The van der Waals surface area contributed by atoms with Gasteiger partial charge in [-0.15, -0.1) is 11.6 Å². The maximum absolute atomic E-state index is 10.9. The molecule has 0 aliphatic rings. The van der Waals surface area contributed by atoms with Crippen molar-refractivity contribution in [3.05, 3.63) is 12.8 Å². The van der Waals surface area contributed by atoms with E-state index in [0.717, 1.165) is 6.26 Å². The van der Waals surface area contributed by atoms with Crippen molar-refractivity contribution in [3.63, 3.8) is 0 Å². The van der Waals surface area contributed by atoms with Gasteiger partial charge >= 0.3 is 5.97 Å². The lowest BCUT2D eigenvalue weighted by Gasteiger charge is -1.99. The molecule has 12 heavy (non-hydrogen) atoms. The van der Waals surface area contributed by atoms with Crippen molar-refractivity contribution < 1.29 is 17.9 Å². The van der Waals surface area contributed by atoms with Crippen LogP contribution in [0.25, 0.3) is 0 Å². The first-order chi connectivity index (χ1) is 5.52. The fourth-order valence-corrected chi connectivity index (χ4v) is 2.01. The summed E-state index contributed by atoms with van der Waals surface area (Å²) in [5.74, 6) is -1.73. The minimum absolute atomic E-state index is 0.0241. The summed E-state index contributed by atoms with van der Waals surface area (Å²) in [5.41, 5.74) is 0. The molecule has 0 aromatic heterocycles. The highest BCUT2D eigenvalue weighted by Crippen LogP contribution is 1.94. The molecule has 0 aliphatic heterocycles. The van der Waals surface area contributed by atoms with Crippen molar-refractivity contribution in [1.82, 2.24) is 0 Å². The molecule has 0 bridgehead atoms. The number of ether oxygens (including phenoxy) is 1. The Kier molecular flexibility index (Phi) is 4.92. The molecular weight excluding hydrogens is 204 g/mol. The summed E-state index contributed by atoms with van der Waals surface area (Å²) in [6.45, 7) is 3.11. The Hall–Kier alpha value is -0.550. The molecular formula is C6H9ClO4S. The molecule has 0 saturated carbocycles. The van der Waals surface area contributed by atoms with Crippen LogP contribution in [0.15, 0.2) is 12.8 Å². The molecule has 0 spiro atoms. The Labute approximate surface area is 76.1 Å². The van der Waals surface area contributed by atoms with Crippen LogP contribution in [0.5, 0.6) is 0 Å². The Balaban J connectivity index is 4.06. The van der Waals surface area contributed by atoms with Crippen molar-refractivity contribution in [2.75, 3.05) is 17.4 Å². The number of hydrogen-bond acceptors (Lipinski definition) is 4. The van der Waals surface area contributed by atoms with Gasteiger partial charge < -0.3 is 4.74 Å². The normalized spacial score (nSPS) is 10.8. The van der Waals surface area contributed by atoms with Gasteiger partial charge in [-0.25, -0.2) is 8.42 Å². The molecule has 6 heteroatoms. The lowest BCUT2D eigenvalue weighted by atomic mass is 10.8. The topological polar surface area (TPSA) is 60.4 Å². The van der Waals surface area contributed by atoms with Crippen molar-refractivity contribution in [2.45, 2.75) is 0 Å². The zero-order chi connectivity index (χ0) is 9.61. The minimum atomic E-state index is -3.41. The maximum atomic E-state index is 10.9. The molecule has 0 radical (unpaired) electrons. The van der Waals surface area contributed by atoms with Crippen LogP contribution in [0.3, 0.4) is 0 Å². The highest BCUT2D eigenvalue weighted by Gasteiger charge is 2.16. The van der Waals surface area contributed by atoms with E-state index in [1.54, 1.807) is 0 Å². The average molecular weight is 213 g/mol. The molecule has 0 amide bonds. The molecule has 4 nitrogen and oxygen atoms in total. The molecule has 0 unspecified atom stereocenters. The molecule has 0 saturated heterocycles. The molecule has 0 aromatic carbocycles. The van der Waals surface area contributed by atoms with E-state index < -0.39 is 21.6 Å². The smallest absolute Gasteiger partial charge is 0.325 e. The van der Waals surface area contributed by atoms with Gasteiger partial charge in [-0.05, 0) is 0 Å². The van der Waals surface area contributed by atoms with Gasteiger partial charge in [0.1, 0.15) is 5.75 Å². The van der Waals surface area contributed by atoms with Crippen LogP contribution in [0.1, 0.15) is 0 Å². The third-order valence-corrected chi connectivity index (χ3v) is 2.86. The van der Waals surface area contributed by atoms with Gasteiger partial charge in [0.15, 0.2) is 9.84 Å². The molecule has 0 N–H and O–H groups in total. The minimum Gasteiger partial charge on any atom is -0.434 e. The summed E-state index contributed by atoms with van der Waals surface area (Å²) in [6.07, 6.45) is 0.887. The number of alkyl halides is 1. The SMILES string of the molecule is C=COC(=O)CS(=O)(=O)CCCl. The zero-order valence-electron chi connectivity index (χ0n) is 6.32.